The molecule has 0 heterocycles. The van der Waals surface area contributed by atoms with Gasteiger partial charge >= 0.3 is 0 Å². The predicted octanol–water partition coefficient (Wildman–Crippen LogP) is 4.82. The van der Waals surface area contributed by atoms with E-state index in [0.29, 0.717) is 11.4 Å². The SMILES string of the molecule is COc1cc(NCC(=O)Nc2c(C)cc(C)cc2C)c(OC)c(S(=O)(=O)c2ccc(C)cc2)c1. The second-order valence-electron chi connectivity index (χ2n) is 8.20. The van der Waals surface area contributed by atoms with E-state index in [9.17, 15) is 13.2 Å². The molecule has 3 rings (SSSR count). The Kier molecular flexibility index (Phi) is 7.51. The average Bonchev–Trinajstić information content (AvgIpc) is 2.79. The lowest BCUT2D eigenvalue weighted by atomic mass is 10.1. The van der Waals surface area contributed by atoms with Crippen LogP contribution >= 0.6 is 0 Å². The van der Waals surface area contributed by atoms with Crippen molar-refractivity contribution in [3.63, 3.8) is 0 Å². The molecular weight excluding hydrogens is 452 g/mol. The van der Waals surface area contributed by atoms with Gasteiger partial charge in [0.05, 0.1) is 31.3 Å². The van der Waals surface area contributed by atoms with Gasteiger partial charge in [0.1, 0.15) is 10.6 Å². The molecule has 0 radical (unpaired) electrons. The van der Waals surface area contributed by atoms with Crippen molar-refractivity contribution in [2.24, 2.45) is 0 Å². The quantitative estimate of drug-likeness (QED) is 0.478. The number of carbonyl (C=O) groups is 1. The summed E-state index contributed by atoms with van der Waals surface area (Å²) in [6, 6.07) is 13.6. The number of anilines is 2. The first-order valence-electron chi connectivity index (χ1n) is 10.8. The smallest absolute Gasteiger partial charge is 0.243 e. The molecule has 34 heavy (non-hydrogen) atoms. The average molecular weight is 483 g/mol. The highest BCUT2D eigenvalue weighted by atomic mass is 32.2. The van der Waals surface area contributed by atoms with Gasteiger partial charge in [0.15, 0.2) is 5.75 Å². The Hall–Kier alpha value is -3.52. The van der Waals surface area contributed by atoms with E-state index in [1.165, 1.54) is 20.3 Å². The number of nitrogens with one attached hydrogen (secondary N) is 2. The van der Waals surface area contributed by atoms with Crippen LogP contribution < -0.4 is 20.1 Å². The minimum absolute atomic E-state index is 0.0497. The van der Waals surface area contributed by atoms with Gasteiger partial charge in [-0.1, -0.05) is 35.4 Å². The summed E-state index contributed by atoms with van der Waals surface area (Å²) in [5.41, 5.74) is 5.10. The van der Waals surface area contributed by atoms with E-state index in [1.54, 1.807) is 30.3 Å². The van der Waals surface area contributed by atoms with Gasteiger partial charge in [-0.25, -0.2) is 8.42 Å². The summed E-state index contributed by atoms with van der Waals surface area (Å²) >= 11 is 0. The molecule has 8 heteroatoms. The van der Waals surface area contributed by atoms with Crippen LogP contribution in [-0.4, -0.2) is 35.1 Å². The van der Waals surface area contributed by atoms with Gasteiger partial charge in [0.25, 0.3) is 0 Å². The topological polar surface area (TPSA) is 93.7 Å². The number of methoxy groups -OCH3 is 2. The molecule has 0 aliphatic rings. The van der Waals surface area contributed by atoms with Gasteiger partial charge in [-0.15, -0.1) is 0 Å². The maximum absolute atomic E-state index is 13.4. The third-order valence-corrected chi connectivity index (χ3v) is 7.24. The Morgan fingerprint density at radius 3 is 2.03 bits per heavy atom. The van der Waals surface area contributed by atoms with Crippen molar-refractivity contribution in [1.82, 2.24) is 0 Å². The molecular formula is C26H30N2O5S. The summed E-state index contributed by atoms with van der Waals surface area (Å²) in [6.45, 7) is 7.67. The number of carbonyl (C=O) groups excluding carboxylic acids is 1. The Bertz CT molecular complexity index is 1290. The fourth-order valence-corrected chi connectivity index (χ4v) is 5.27. The second-order valence-corrected chi connectivity index (χ2v) is 10.1. The van der Waals surface area contributed by atoms with Crippen molar-refractivity contribution in [1.29, 1.82) is 0 Å². The number of hydrogen-bond acceptors (Lipinski definition) is 6. The molecule has 0 saturated carbocycles. The molecule has 1 amide bonds. The zero-order valence-electron chi connectivity index (χ0n) is 20.3. The van der Waals surface area contributed by atoms with Crippen LogP contribution in [-0.2, 0) is 14.6 Å². The Morgan fingerprint density at radius 2 is 1.47 bits per heavy atom. The number of rotatable bonds is 8. The van der Waals surface area contributed by atoms with Crippen LogP contribution in [0, 0.1) is 27.7 Å². The summed E-state index contributed by atoms with van der Waals surface area (Å²) < 4.78 is 37.6. The van der Waals surface area contributed by atoms with Gasteiger partial charge in [-0.05, 0) is 51.0 Å². The molecule has 2 N–H and O–H groups in total. The van der Waals surface area contributed by atoms with Crippen molar-refractivity contribution in [3.8, 4) is 11.5 Å². The van der Waals surface area contributed by atoms with Crippen molar-refractivity contribution in [2.75, 3.05) is 31.4 Å². The van der Waals surface area contributed by atoms with Gasteiger partial charge in [-0.2, -0.15) is 0 Å². The van der Waals surface area contributed by atoms with Crippen molar-refractivity contribution >= 4 is 27.1 Å². The molecule has 7 nitrogen and oxygen atoms in total. The van der Waals surface area contributed by atoms with Crippen LogP contribution in [0.15, 0.2) is 58.3 Å². The summed E-state index contributed by atoms with van der Waals surface area (Å²) in [5.74, 6) is 0.152. The predicted molar refractivity (Wildman–Crippen MR) is 134 cm³/mol. The molecule has 0 aliphatic carbocycles. The van der Waals surface area contributed by atoms with E-state index < -0.39 is 9.84 Å². The van der Waals surface area contributed by atoms with Crippen LogP contribution in [0.25, 0.3) is 0 Å². The monoisotopic (exact) mass is 482 g/mol. The van der Waals surface area contributed by atoms with Gasteiger partial charge in [0.2, 0.25) is 15.7 Å². The van der Waals surface area contributed by atoms with E-state index in [0.717, 1.165) is 27.9 Å². The molecule has 0 bridgehead atoms. The molecule has 0 aliphatic heterocycles. The van der Waals surface area contributed by atoms with Crippen LogP contribution in [0.2, 0.25) is 0 Å². The minimum Gasteiger partial charge on any atom is -0.497 e. The maximum Gasteiger partial charge on any atom is 0.243 e. The van der Waals surface area contributed by atoms with E-state index in [2.05, 4.69) is 10.6 Å². The van der Waals surface area contributed by atoms with E-state index in [4.69, 9.17) is 9.47 Å². The third kappa shape index (κ3) is 5.34. The van der Waals surface area contributed by atoms with Crippen molar-refractivity contribution in [3.05, 3.63) is 70.8 Å². The Labute approximate surface area is 201 Å². The number of amides is 1. The first-order valence-corrected chi connectivity index (χ1v) is 12.2. The van der Waals surface area contributed by atoms with Crippen molar-refractivity contribution < 1.29 is 22.7 Å². The number of sulfone groups is 1. The van der Waals surface area contributed by atoms with Crippen LogP contribution in [0.3, 0.4) is 0 Å². The summed E-state index contributed by atoms with van der Waals surface area (Å²) in [6.07, 6.45) is 0. The van der Waals surface area contributed by atoms with Crippen LogP contribution in [0.5, 0.6) is 11.5 Å². The largest absolute Gasteiger partial charge is 0.497 e. The fraction of sp³-hybridized carbons (Fsp3) is 0.269. The van der Waals surface area contributed by atoms with Gasteiger partial charge < -0.3 is 20.1 Å². The van der Waals surface area contributed by atoms with E-state index in [-0.39, 0.29) is 28.0 Å². The lowest BCUT2D eigenvalue weighted by molar-refractivity contribution is -0.114. The summed E-state index contributed by atoms with van der Waals surface area (Å²) in [5, 5.41) is 5.93. The molecule has 0 spiro atoms. The highest BCUT2D eigenvalue weighted by Gasteiger charge is 2.26. The molecule has 0 aromatic heterocycles. The first-order chi connectivity index (χ1) is 16.1. The molecule has 0 saturated heterocycles. The molecule has 0 unspecified atom stereocenters. The second kappa shape index (κ2) is 10.2. The fourth-order valence-electron chi connectivity index (χ4n) is 3.82. The normalized spacial score (nSPS) is 11.1. The number of hydrogen-bond donors (Lipinski definition) is 2. The van der Waals surface area contributed by atoms with E-state index in [1.807, 2.05) is 39.8 Å². The third-order valence-electron chi connectivity index (χ3n) is 5.47. The van der Waals surface area contributed by atoms with E-state index >= 15 is 0 Å². The lowest BCUT2D eigenvalue weighted by Crippen LogP contribution is -2.23. The number of ether oxygens (including phenoxy) is 2. The summed E-state index contributed by atoms with van der Waals surface area (Å²) in [7, 11) is -1.06. The number of aryl methyl sites for hydroxylation is 4. The molecule has 0 fully saturated rings. The Morgan fingerprint density at radius 1 is 0.853 bits per heavy atom. The van der Waals surface area contributed by atoms with Crippen molar-refractivity contribution in [2.45, 2.75) is 37.5 Å². The molecule has 180 valence electrons. The number of benzene rings is 3. The standard InChI is InChI=1S/C26H30N2O5S/c1-16-7-9-21(10-8-16)34(30,31)23-14-20(32-5)13-22(26(23)33-6)27-15-24(29)28-25-18(3)11-17(2)12-19(25)4/h7-14,27H,15H2,1-6H3,(H,28,29). The maximum atomic E-state index is 13.4. The molecule has 0 atom stereocenters. The molecule has 3 aromatic carbocycles. The zero-order chi connectivity index (χ0) is 25.0. The first kappa shape index (κ1) is 25.1. The summed E-state index contributed by atoms with van der Waals surface area (Å²) in [4.78, 5) is 12.8. The molecule has 3 aromatic rings. The van der Waals surface area contributed by atoms with Gasteiger partial charge in [-0.3, -0.25) is 4.79 Å². The highest BCUT2D eigenvalue weighted by molar-refractivity contribution is 7.91. The minimum atomic E-state index is -3.90. The highest BCUT2D eigenvalue weighted by Crippen LogP contribution is 2.39. The van der Waals surface area contributed by atoms with Crippen LogP contribution in [0.4, 0.5) is 11.4 Å². The Balaban J connectivity index is 1.92. The van der Waals surface area contributed by atoms with Gasteiger partial charge in [0, 0.05) is 17.8 Å². The van der Waals surface area contributed by atoms with Crippen LogP contribution in [0.1, 0.15) is 22.3 Å². The zero-order valence-corrected chi connectivity index (χ0v) is 21.1. The lowest BCUT2D eigenvalue weighted by Gasteiger charge is -2.18.